The van der Waals surface area contributed by atoms with E-state index in [1.807, 2.05) is 0 Å². The quantitative estimate of drug-likeness (QED) is 0.259. The molecule has 0 aliphatic carbocycles. The topological polar surface area (TPSA) is 20.2 Å². The van der Waals surface area contributed by atoms with Gasteiger partial charge >= 0.3 is 0 Å². The number of unbranched alkanes of at least 4 members (excludes halogenated alkanes) is 10. The highest BCUT2D eigenvalue weighted by Crippen LogP contribution is 2.41. The third-order valence-electron chi connectivity index (χ3n) is 6.77. The Morgan fingerprint density at radius 1 is 0.688 bits per heavy atom. The van der Waals surface area contributed by atoms with Crippen LogP contribution in [0.5, 0.6) is 5.75 Å². The van der Waals surface area contributed by atoms with Gasteiger partial charge in [-0.15, -0.1) is 0 Å². The minimum absolute atomic E-state index is 0.399. The van der Waals surface area contributed by atoms with E-state index in [1.165, 1.54) is 93.7 Å². The maximum atomic E-state index is 11.1. The van der Waals surface area contributed by atoms with Crippen molar-refractivity contribution in [2.45, 2.75) is 124 Å². The lowest BCUT2D eigenvalue weighted by atomic mass is 9.82. The third kappa shape index (κ3) is 8.30. The number of hydrogen-bond donors (Lipinski definition) is 1. The van der Waals surface area contributed by atoms with Crippen LogP contribution < -0.4 is 0 Å². The highest BCUT2D eigenvalue weighted by molar-refractivity contribution is 5.76. The van der Waals surface area contributed by atoms with Crippen LogP contribution in [-0.2, 0) is 12.8 Å². The molecule has 32 heavy (non-hydrogen) atoms. The fraction of sp³-hybridized carbons (Fsp3) is 0.613. The van der Waals surface area contributed by atoms with Crippen LogP contribution in [0, 0.1) is 0 Å². The second-order valence-electron chi connectivity index (χ2n) is 9.88. The predicted molar refractivity (Wildman–Crippen MR) is 142 cm³/mol. The van der Waals surface area contributed by atoms with Crippen LogP contribution >= 0.6 is 0 Å². The SMILES string of the molecule is CCCCCCCCc1cc(O)c(-c2ccccc2)c(C(C)C)c1CCCCCCCC. The Kier molecular flexibility index (Phi) is 12.5. The fourth-order valence-corrected chi connectivity index (χ4v) is 5.03. The van der Waals surface area contributed by atoms with Gasteiger partial charge in [0.1, 0.15) is 5.75 Å². The number of rotatable bonds is 16. The number of aromatic hydroxyl groups is 1. The van der Waals surface area contributed by atoms with Crippen molar-refractivity contribution in [1.29, 1.82) is 0 Å². The van der Waals surface area contributed by atoms with Crippen molar-refractivity contribution >= 4 is 0 Å². The molecule has 0 saturated carbocycles. The molecule has 0 bridgehead atoms. The molecule has 0 atom stereocenters. The number of aryl methyl sites for hydroxylation is 1. The van der Waals surface area contributed by atoms with Crippen molar-refractivity contribution in [2.75, 3.05) is 0 Å². The lowest BCUT2D eigenvalue weighted by molar-refractivity contribution is 0.474. The molecule has 0 aromatic heterocycles. The van der Waals surface area contributed by atoms with Crippen LogP contribution in [-0.4, -0.2) is 5.11 Å². The van der Waals surface area contributed by atoms with Gasteiger partial charge in [0.2, 0.25) is 0 Å². The van der Waals surface area contributed by atoms with Gasteiger partial charge in [-0.3, -0.25) is 0 Å². The molecule has 1 nitrogen and oxygen atoms in total. The molecule has 0 saturated heterocycles. The first-order valence-electron chi connectivity index (χ1n) is 13.5. The molecule has 0 amide bonds. The first-order chi connectivity index (χ1) is 15.6. The summed E-state index contributed by atoms with van der Waals surface area (Å²) in [5.74, 6) is 0.864. The molecular weight excluding hydrogens is 388 g/mol. The monoisotopic (exact) mass is 436 g/mol. The molecule has 2 aromatic rings. The van der Waals surface area contributed by atoms with Crippen LogP contribution in [0.4, 0.5) is 0 Å². The molecule has 1 heteroatoms. The van der Waals surface area contributed by atoms with Crippen molar-refractivity contribution in [2.24, 2.45) is 0 Å². The summed E-state index contributed by atoms with van der Waals surface area (Å²) in [6.45, 7) is 9.14. The summed E-state index contributed by atoms with van der Waals surface area (Å²) in [5, 5.41) is 11.1. The van der Waals surface area contributed by atoms with E-state index >= 15 is 0 Å². The van der Waals surface area contributed by atoms with Gasteiger partial charge in [0.15, 0.2) is 0 Å². The summed E-state index contributed by atoms with van der Waals surface area (Å²) < 4.78 is 0. The van der Waals surface area contributed by atoms with E-state index < -0.39 is 0 Å². The summed E-state index contributed by atoms with van der Waals surface area (Å²) in [6, 6.07) is 12.6. The Balaban J connectivity index is 2.27. The van der Waals surface area contributed by atoms with Gasteiger partial charge in [-0.1, -0.05) is 122 Å². The minimum Gasteiger partial charge on any atom is -0.507 e. The largest absolute Gasteiger partial charge is 0.507 e. The fourth-order valence-electron chi connectivity index (χ4n) is 5.03. The van der Waals surface area contributed by atoms with Crippen molar-refractivity contribution in [3.63, 3.8) is 0 Å². The Morgan fingerprint density at radius 3 is 1.78 bits per heavy atom. The number of phenolic OH excluding ortho intramolecular Hbond substituents is 1. The zero-order valence-electron chi connectivity index (χ0n) is 21.4. The lowest BCUT2D eigenvalue weighted by Gasteiger charge is -2.23. The van der Waals surface area contributed by atoms with E-state index in [1.54, 1.807) is 0 Å². The van der Waals surface area contributed by atoms with E-state index in [-0.39, 0.29) is 0 Å². The van der Waals surface area contributed by atoms with Gasteiger partial charge in [-0.2, -0.15) is 0 Å². The van der Waals surface area contributed by atoms with E-state index in [2.05, 4.69) is 64.1 Å². The second kappa shape index (κ2) is 15.1. The van der Waals surface area contributed by atoms with Gasteiger partial charge in [0.25, 0.3) is 0 Å². The number of hydrogen-bond acceptors (Lipinski definition) is 1. The molecule has 0 heterocycles. The maximum Gasteiger partial charge on any atom is 0.123 e. The summed E-state index contributed by atoms with van der Waals surface area (Å²) in [6.07, 6.45) is 18.1. The van der Waals surface area contributed by atoms with Crippen molar-refractivity contribution in [3.8, 4) is 16.9 Å². The van der Waals surface area contributed by atoms with Gasteiger partial charge in [-0.25, -0.2) is 0 Å². The van der Waals surface area contributed by atoms with E-state index in [4.69, 9.17) is 0 Å². The Bertz CT molecular complexity index is 760. The molecule has 0 aliphatic heterocycles. The van der Waals surface area contributed by atoms with Gasteiger partial charge < -0.3 is 5.11 Å². The molecule has 0 spiro atoms. The highest BCUT2D eigenvalue weighted by Gasteiger charge is 2.21. The summed E-state index contributed by atoms with van der Waals surface area (Å²) in [4.78, 5) is 0. The van der Waals surface area contributed by atoms with Crippen LogP contribution in [0.2, 0.25) is 0 Å². The lowest BCUT2D eigenvalue weighted by Crippen LogP contribution is -2.06. The molecule has 1 N–H and O–H groups in total. The normalized spacial score (nSPS) is 11.4. The Hall–Kier alpha value is -1.76. The minimum atomic E-state index is 0.399. The zero-order chi connectivity index (χ0) is 23.2. The van der Waals surface area contributed by atoms with E-state index in [0.717, 1.165) is 24.0 Å². The summed E-state index contributed by atoms with van der Waals surface area (Å²) >= 11 is 0. The average molecular weight is 437 g/mol. The van der Waals surface area contributed by atoms with Gasteiger partial charge in [0, 0.05) is 5.56 Å². The van der Waals surface area contributed by atoms with Gasteiger partial charge in [0.05, 0.1) is 0 Å². The standard InChI is InChI=1S/C31H48O/c1-5-7-9-11-13-16-22-27-24-29(32)31(26-20-17-15-18-21-26)30(25(3)4)28(27)23-19-14-12-10-8-6-2/h15,17-18,20-21,24-25,32H,5-14,16,19,22-23H2,1-4H3. The zero-order valence-corrected chi connectivity index (χ0v) is 21.4. The highest BCUT2D eigenvalue weighted by atomic mass is 16.3. The predicted octanol–water partition coefficient (Wildman–Crippen LogP) is 9.99. The molecule has 2 aromatic carbocycles. The molecule has 0 fully saturated rings. The van der Waals surface area contributed by atoms with Crippen LogP contribution in [0.3, 0.4) is 0 Å². The second-order valence-corrected chi connectivity index (χ2v) is 9.88. The third-order valence-corrected chi connectivity index (χ3v) is 6.77. The van der Waals surface area contributed by atoms with Crippen LogP contribution in [0.25, 0.3) is 11.1 Å². The molecule has 0 unspecified atom stereocenters. The molecular formula is C31H48O. The van der Waals surface area contributed by atoms with Gasteiger partial charge in [-0.05, 0) is 59.9 Å². The van der Waals surface area contributed by atoms with E-state index in [0.29, 0.717) is 11.7 Å². The molecule has 2 rings (SSSR count). The average Bonchev–Trinajstić information content (AvgIpc) is 2.79. The smallest absolute Gasteiger partial charge is 0.123 e. The first kappa shape index (κ1) is 26.5. The van der Waals surface area contributed by atoms with Crippen molar-refractivity contribution < 1.29 is 5.11 Å². The number of benzene rings is 2. The molecule has 0 radical (unpaired) electrons. The van der Waals surface area contributed by atoms with Crippen molar-refractivity contribution in [1.82, 2.24) is 0 Å². The van der Waals surface area contributed by atoms with E-state index in [9.17, 15) is 5.11 Å². The van der Waals surface area contributed by atoms with Crippen LogP contribution in [0.1, 0.15) is 127 Å². The number of phenols is 1. The Morgan fingerprint density at radius 2 is 1.22 bits per heavy atom. The van der Waals surface area contributed by atoms with Crippen LogP contribution in [0.15, 0.2) is 36.4 Å². The molecule has 0 aliphatic rings. The first-order valence-corrected chi connectivity index (χ1v) is 13.5. The maximum absolute atomic E-state index is 11.1. The molecule has 178 valence electrons. The Labute approximate surface area is 198 Å². The van der Waals surface area contributed by atoms with Crippen molar-refractivity contribution in [3.05, 3.63) is 53.1 Å². The summed E-state index contributed by atoms with van der Waals surface area (Å²) in [5.41, 5.74) is 6.51. The summed E-state index contributed by atoms with van der Waals surface area (Å²) in [7, 11) is 0.